The number of hydrogen-bond donors (Lipinski definition) is 1. The van der Waals surface area contributed by atoms with E-state index in [1.54, 1.807) is 0 Å². The van der Waals surface area contributed by atoms with Crippen molar-refractivity contribution in [3.05, 3.63) is 83.0 Å². The lowest BCUT2D eigenvalue weighted by Crippen LogP contribution is -2.34. The van der Waals surface area contributed by atoms with Crippen LogP contribution in [0.2, 0.25) is 0 Å². The number of aliphatic imine (C=N–C) groups is 1. The number of rotatable bonds is 5. The summed E-state index contributed by atoms with van der Waals surface area (Å²) in [6.07, 6.45) is 2.26. The highest BCUT2D eigenvalue weighted by molar-refractivity contribution is 6.09. The monoisotopic (exact) mass is 402 g/mol. The second kappa shape index (κ2) is 8.14. The fourth-order valence-electron chi connectivity index (χ4n) is 3.70. The highest BCUT2D eigenvalue weighted by atomic mass is 16.5. The average molecular weight is 402 g/mol. The van der Waals surface area contributed by atoms with Crippen molar-refractivity contribution >= 4 is 17.6 Å². The van der Waals surface area contributed by atoms with Gasteiger partial charge in [-0.05, 0) is 24.5 Å². The average Bonchev–Trinajstić information content (AvgIpc) is 3.46. The summed E-state index contributed by atoms with van der Waals surface area (Å²) in [5.41, 5.74) is 8.66. The molecule has 1 aromatic heterocycles. The molecule has 0 amide bonds. The van der Waals surface area contributed by atoms with Gasteiger partial charge in [-0.25, -0.2) is 0 Å². The van der Waals surface area contributed by atoms with E-state index >= 15 is 0 Å². The van der Waals surface area contributed by atoms with Gasteiger partial charge in [0.15, 0.2) is 11.7 Å². The van der Waals surface area contributed by atoms with Crippen LogP contribution in [-0.4, -0.2) is 34.9 Å². The lowest BCUT2D eigenvalue weighted by Gasteiger charge is -2.22. The maximum atomic E-state index is 12.8. The van der Waals surface area contributed by atoms with Gasteiger partial charge in [-0.1, -0.05) is 67.5 Å². The molecule has 2 N–H and O–H groups in total. The van der Waals surface area contributed by atoms with Crippen molar-refractivity contribution in [3.8, 4) is 0 Å². The summed E-state index contributed by atoms with van der Waals surface area (Å²) in [5, 5.41) is 4.24. The fourth-order valence-corrected chi connectivity index (χ4v) is 3.70. The molecule has 0 atom stereocenters. The molecule has 30 heavy (non-hydrogen) atoms. The van der Waals surface area contributed by atoms with E-state index in [1.807, 2.05) is 79.4 Å². The van der Waals surface area contributed by atoms with E-state index in [0.29, 0.717) is 23.0 Å². The number of ketones is 1. The molecule has 154 valence electrons. The van der Waals surface area contributed by atoms with Gasteiger partial charge in [0.25, 0.3) is 5.88 Å². The Bertz CT molecular complexity index is 1060. The molecule has 6 nitrogen and oxygen atoms in total. The fraction of sp³-hybridized carbons (Fsp3) is 0.292. The van der Waals surface area contributed by atoms with Crippen LogP contribution in [0.3, 0.4) is 0 Å². The van der Waals surface area contributed by atoms with E-state index in [9.17, 15) is 4.79 Å². The van der Waals surface area contributed by atoms with E-state index in [4.69, 9.17) is 10.3 Å². The molecule has 0 bridgehead atoms. The second-order valence-corrected chi connectivity index (χ2v) is 8.12. The molecule has 0 aliphatic carbocycles. The Hall–Kier alpha value is -3.41. The third-order valence-corrected chi connectivity index (χ3v) is 5.68. The Labute approximate surface area is 176 Å². The number of likely N-dealkylation sites (tertiary alicyclic amines) is 1. The summed E-state index contributed by atoms with van der Waals surface area (Å²) >= 11 is 0. The zero-order valence-electron chi connectivity index (χ0n) is 17.3. The topological polar surface area (TPSA) is 84.7 Å². The van der Waals surface area contributed by atoms with Crippen LogP contribution < -0.4 is 5.73 Å². The number of hydrogen-bond acceptors (Lipinski definition) is 4. The molecule has 3 aromatic rings. The SMILES string of the molecule is CC(C)(c1cccc(C(=O)c2ccccc2)c1)c1cc(N=C(N)N2CCCC2)on1. The number of nitrogens with two attached hydrogens (primary N) is 1. The Morgan fingerprint density at radius 2 is 1.73 bits per heavy atom. The summed E-state index contributed by atoms with van der Waals surface area (Å²) in [6, 6.07) is 18.8. The molecule has 1 saturated heterocycles. The minimum absolute atomic E-state index is 0.00271. The molecule has 0 radical (unpaired) electrons. The Balaban J connectivity index is 1.59. The van der Waals surface area contributed by atoms with Gasteiger partial charge in [0.2, 0.25) is 0 Å². The first-order valence-corrected chi connectivity index (χ1v) is 10.2. The Morgan fingerprint density at radius 3 is 2.47 bits per heavy atom. The number of guanidine groups is 1. The molecule has 1 aliphatic heterocycles. The smallest absolute Gasteiger partial charge is 0.253 e. The standard InChI is InChI=1S/C24H26N4O2/c1-24(2,20-16-21(30-27-20)26-23(25)28-13-6-7-14-28)19-12-8-11-18(15-19)22(29)17-9-4-3-5-10-17/h3-5,8-12,15-16H,6-7,13-14H2,1-2H3,(H2,25,26). The van der Waals surface area contributed by atoms with E-state index in [-0.39, 0.29) is 5.78 Å². The van der Waals surface area contributed by atoms with Crippen molar-refractivity contribution in [1.82, 2.24) is 10.1 Å². The molecule has 2 aromatic carbocycles. The van der Waals surface area contributed by atoms with Gasteiger partial charge in [0, 0.05) is 35.7 Å². The van der Waals surface area contributed by atoms with Gasteiger partial charge in [-0.2, -0.15) is 4.99 Å². The van der Waals surface area contributed by atoms with Gasteiger partial charge >= 0.3 is 0 Å². The van der Waals surface area contributed by atoms with Gasteiger partial charge in [-0.3, -0.25) is 4.79 Å². The molecule has 1 fully saturated rings. The highest BCUT2D eigenvalue weighted by Gasteiger charge is 2.28. The van der Waals surface area contributed by atoms with Crippen LogP contribution in [-0.2, 0) is 5.41 Å². The number of aromatic nitrogens is 1. The second-order valence-electron chi connectivity index (χ2n) is 8.12. The van der Waals surface area contributed by atoms with Gasteiger partial charge in [0.1, 0.15) is 0 Å². The van der Waals surface area contributed by atoms with Crippen molar-refractivity contribution in [2.45, 2.75) is 32.1 Å². The third-order valence-electron chi connectivity index (χ3n) is 5.68. The van der Waals surface area contributed by atoms with Crippen molar-refractivity contribution < 1.29 is 9.32 Å². The Kier molecular flexibility index (Phi) is 5.40. The first-order valence-electron chi connectivity index (χ1n) is 10.2. The molecule has 4 rings (SSSR count). The summed E-state index contributed by atoms with van der Waals surface area (Å²) in [4.78, 5) is 19.3. The minimum atomic E-state index is -0.466. The zero-order chi connectivity index (χ0) is 21.1. The number of benzene rings is 2. The maximum Gasteiger partial charge on any atom is 0.253 e. The Morgan fingerprint density at radius 1 is 1.03 bits per heavy atom. The van der Waals surface area contributed by atoms with E-state index < -0.39 is 5.41 Å². The van der Waals surface area contributed by atoms with E-state index in [1.165, 1.54) is 0 Å². The van der Waals surface area contributed by atoms with Gasteiger partial charge in [0.05, 0.1) is 5.69 Å². The first kappa shape index (κ1) is 19.9. The molecule has 1 aliphatic rings. The van der Waals surface area contributed by atoms with Crippen LogP contribution in [0.1, 0.15) is 53.9 Å². The van der Waals surface area contributed by atoms with E-state index in [0.717, 1.165) is 37.2 Å². The molecule has 0 unspecified atom stereocenters. The summed E-state index contributed by atoms with van der Waals surface area (Å²) in [6.45, 7) is 5.94. The predicted molar refractivity (Wildman–Crippen MR) is 117 cm³/mol. The summed E-state index contributed by atoms with van der Waals surface area (Å²) in [5.74, 6) is 0.847. The number of carbonyl (C=O) groups excluding carboxylic acids is 1. The normalized spacial score (nSPS) is 14.9. The van der Waals surface area contributed by atoms with Crippen molar-refractivity contribution in [3.63, 3.8) is 0 Å². The molecule has 0 saturated carbocycles. The minimum Gasteiger partial charge on any atom is -0.369 e. The number of carbonyl (C=O) groups is 1. The molecular weight excluding hydrogens is 376 g/mol. The lowest BCUT2D eigenvalue weighted by atomic mass is 9.80. The molecule has 6 heteroatoms. The van der Waals surface area contributed by atoms with E-state index in [2.05, 4.69) is 10.1 Å². The van der Waals surface area contributed by atoms with Crippen LogP contribution in [0.4, 0.5) is 5.88 Å². The molecular formula is C24H26N4O2. The number of nitrogens with zero attached hydrogens (tertiary/aromatic N) is 3. The van der Waals surface area contributed by atoms with Crippen LogP contribution >= 0.6 is 0 Å². The summed E-state index contributed by atoms with van der Waals surface area (Å²) < 4.78 is 5.44. The van der Waals surface area contributed by atoms with Crippen LogP contribution in [0.5, 0.6) is 0 Å². The first-order chi connectivity index (χ1) is 14.4. The predicted octanol–water partition coefficient (Wildman–Crippen LogP) is 4.27. The largest absolute Gasteiger partial charge is 0.369 e. The van der Waals surface area contributed by atoms with Gasteiger partial charge < -0.3 is 15.2 Å². The van der Waals surface area contributed by atoms with Crippen molar-refractivity contribution in [1.29, 1.82) is 0 Å². The van der Waals surface area contributed by atoms with Crippen molar-refractivity contribution in [2.75, 3.05) is 13.1 Å². The van der Waals surface area contributed by atoms with Crippen molar-refractivity contribution in [2.24, 2.45) is 10.7 Å². The van der Waals surface area contributed by atoms with Crippen LogP contribution in [0.15, 0.2) is 70.2 Å². The lowest BCUT2D eigenvalue weighted by molar-refractivity contribution is 0.103. The maximum absolute atomic E-state index is 12.8. The van der Waals surface area contributed by atoms with Crippen LogP contribution in [0.25, 0.3) is 0 Å². The third kappa shape index (κ3) is 3.99. The summed E-state index contributed by atoms with van der Waals surface area (Å²) in [7, 11) is 0. The highest BCUT2D eigenvalue weighted by Crippen LogP contribution is 2.33. The zero-order valence-corrected chi connectivity index (χ0v) is 17.3. The molecule has 0 spiro atoms. The molecule has 2 heterocycles. The van der Waals surface area contributed by atoms with Gasteiger partial charge in [-0.15, -0.1) is 0 Å². The quantitative estimate of drug-likeness (QED) is 0.391. The van der Waals surface area contributed by atoms with Crippen LogP contribution in [0, 0.1) is 0 Å².